The summed E-state index contributed by atoms with van der Waals surface area (Å²) in [6.07, 6.45) is -2.43. The summed E-state index contributed by atoms with van der Waals surface area (Å²) in [4.78, 5) is 11.4. The molecule has 0 saturated heterocycles. The third-order valence-corrected chi connectivity index (χ3v) is 4.26. The van der Waals surface area contributed by atoms with Gasteiger partial charge in [0.1, 0.15) is 11.3 Å². The zero-order chi connectivity index (χ0) is 21.8. The van der Waals surface area contributed by atoms with Gasteiger partial charge in [0.2, 0.25) is 0 Å². The van der Waals surface area contributed by atoms with Gasteiger partial charge in [-0.15, -0.1) is 5.73 Å². The summed E-state index contributed by atoms with van der Waals surface area (Å²) >= 11 is 0. The number of carboxylic acids is 1. The fourth-order valence-electron chi connectivity index (χ4n) is 2.71. The van der Waals surface area contributed by atoms with E-state index < -0.39 is 29.0 Å². The third-order valence-electron chi connectivity index (χ3n) is 4.26. The number of aliphatic hydroxyl groups excluding tert-OH is 1. The van der Waals surface area contributed by atoms with Gasteiger partial charge in [-0.2, -0.15) is 13.2 Å². The molecule has 0 heterocycles. The minimum absolute atomic E-state index is 0.00315. The number of alkyl halides is 3. The molecule has 2 aromatic rings. The summed E-state index contributed by atoms with van der Waals surface area (Å²) in [5.41, 5.74) is 2.52. The molecule has 3 nitrogen and oxygen atoms in total. The topological polar surface area (TPSA) is 57.5 Å². The molecule has 0 atom stereocenters. The van der Waals surface area contributed by atoms with Crippen LogP contribution in [-0.2, 0) is 11.0 Å². The van der Waals surface area contributed by atoms with Crippen molar-refractivity contribution in [3.8, 4) is 11.1 Å². The average Bonchev–Trinajstić information content (AvgIpc) is 2.67. The molecule has 0 bridgehead atoms. The number of halogens is 3. The van der Waals surface area contributed by atoms with Gasteiger partial charge in [0.25, 0.3) is 0 Å². The number of hydrogen-bond donors (Lipinski definition) is 2. The molecule has 0 aromatic heterocycles. The van der Waals surface area contributed by atoms with E-state index in [2.05, 4.69) is 12.3 Å². The number of carboxylic acid groups (broad SMARTS) is 1. The molecule has 2 aromatic carbocycles. The van der Waals surface area contributed by atoms with Gasteiger partial charge in [0, 0.05) is 5.57 Å². The van der Waals surface area contributed by atoms with Gasteiger partial charge < -0.3 is 10.2 Å². The van der Waals surface area contributed by atoms with Gasteiger partial charge in [-0.05, 0) is 48.8 Å². The molecular formula is C23H19F3O3. The number of allylic oxidation sites excluding steroid dienone is 3. The maximum Gasteiger partial charge on any atom is 0.417 e. The number of benzene rings is 2. The first-order valence-corrected chi connectivity index (χ1v) is 8.57. The summed E-state index contributed by atoms with van der Waals surface area (Å²) < 4.78 is 41.2. The normalized spacial score (nSPS) is 12.4. The highest BCUT2D eigenvalue weighted by Crippen LogP contribution is 2.39. The van der Waals surface area contributed by atoms with Crippen molar-refractivity contribution in [2.24, 2.45) is 0 Å². The number of aliphatic hydroxyl groups is 1. The quantitative estimate of drug-likeness (QED) is 0.267. The van der Waals surface area contributed by atoms with Crippen LogP contribution in [0.2, 0.25) is 0 Å². The van der Waals surface area contributed by atoms with E-state index in [9.17, 15) is 28.2 Å². The predicted molar refractivity (Wildman–Crippen MR) is 106 cm³/mol. The Bertz CT molecular complexity index is 1040. The van der Waals surface area contributed by atoms with Crippen LogP contribution < -0.4 is 0 Å². The molecule has 2 rings (SSSR count). The summed E-state index contributed by atoms with van der Waals surface area (Å²) in [5, 5.41) is 19.0. The van der Waals surface area contributed by atoms with Crippen LogP contribution in [0.3, 0.4) is 0 Å². The fourth-order valence-corrected chi connectivity index (χ4v) is 2.71. The smallest absolute Gasteiger partial charge is 0.417 e. The first kappa shape index (κ1) is 21.8. The minimum atomic E-state index is -4.63. The Morgan fingerprint density at radius 1 is 1.10 bits per heavy atom. The number of hydrogen-bond acceptors (Lipinski definition) is 2. The number of rotatable bonds is 5. The standard InChI is InChI=1S/C23H19F3O3/c1-4-15(12-19(22(28)29)21(27)5-2)17-10-11-18(20(13-17)23(24,25)26)16-8-6-14(3)7-9-16/h5-13,27H,1H2,2-3H3,(H,28,29)/b19-12+,21-5+. The van der Waals surface area contributed by atoms with Crippen molar-refractivity contribution in [2.75, 3.05) is 0 Å². The van der Waals surface area contributed by atoms with E-state index in [1.807, 2.05) is 6.92 Å². The van der Waals surface area contributed by atoms with Crippen molar-refractivity contribution >= 4 is 11.5 Å². The summed E-state index contributed by atoms with van der Waals surface area (Å²) in [6, 6.07) is 10.3. The lowest BCUT2D eigenvalue weighted by Crippen LogP contribution is -2.08. The van der Waals surface area contributed by atoms with Gasteiger partial charge >= 0.3 is 12.1 Å². The Kier molecular flexibility index (Phi) is 6.52. The van der Waals surface area contributed by atoms with E-state index in [4.69, 9.17) is 0 Å². The average molecular weight is 400 g/mol. The van der Waals surface area contributed by atoms with Gasteiger partial charge in [0.05, 0.1) is 5.56 Å². The summed E-state index contributed by atoms with van der Waals surface area (Å²) in [5.74, 6) is -1.95. The highest BCUT2D eigenvalue weighted by atomic mass is 19.4. The minimum Gasteiger partial charge on any atom is -0.507 e. The van der Waals surface area contributed by atoms with Crippen molar-refractivity contribution in [3.63, 3.8) is 0 Å². The van der Waals surface area contributed by atoms with E-state index in [0.29, 0.717) is 5.56 Å². The van der Waals surface area contributed by atoms with Crippen molar-refractivity contribution in [1.82, 2.24) is 0 Å². The second kappa shape index (κ2) is 8.67. The maximum absolute atomic E-state index is 13.7. The molecule has 0 fully saturated rings. The molecule has 0 saturated carbocycles. The largest absolute Gasteiger partial charge is 0.507 e. The molecule has 0 aliphatic rings. The molecule has 0 spiro atoms. The summed E-state index contributed by atoms with van der Waals surface area (Å²) in [6.45, 7) is 6.71. The Morgan fingerprint density at radius 3 is 2.21 bits per heavy atom. The molecule has 2 N–H and O–H groups in total. The molecule has 29 heavy (non-hydrogen) atoms. The van der Waals surface area contributed by atoms with Crippen LogP contribution >= 0.6 is 0 Å². The van der Waals surface area contributed by atoms with E-state index in [-0.39, 0.29) is 16.7 Å². The first-order chi connectivity index (χ1) is 13.6. The zero-order valence-electron chi connectivity index (χ0n) is 15.8. The summed E-state index contributed by atoms with van der Waals surface area (Å²) in [7, 11) is 0. The molecule has 6 heteroatoms. The van der Waals surface area contributed by atoms with Gasteiger partial charge in [-0.1, -0.05) is 48.5 Å². The third kappa shape index (κ3) is 5.06. The predicted octanol–water partition coefficient (Wildman–Crippen LogP) is 6.32. The van der Waals surface area contributed by atoms with E-state index in [1.54, 1.807) is 24.3 Å². The Balaban J connectivity index is 2.67. The van der Waals surface area contributed by atoms with E-state index in [1.165, 1.54) is 25.1 Å². The Morgan fingerprint density at radius 2 is 1.72 bits per heavy atom. The van der Waals surface area contributed by atoms with Gasteiger partial charge in [-0.3, -0.25) is 0 Å². The van der Waals surface area contributed by atoms with Crippen LogP contribution in [0.25, 0.3) is 16.7 Å². The molecule has 150 valence electrons. The van der Waals surface area contributed by atoms with Crippen LogP contribution in [0.15, 0.2) is 78.3 Å². The van der Waals surface area contributed by atoms with Crippen LogP contribution in [-0.4, -0.2) is 16.2 Å². The van der Waals surface area contributed by atoms with Crippen LogP contribution in [0.5, 0.6) is 0 Å². The monoisotopic (exact) mass is 400 g/mol. The lowest BCUT2D eigenvalue weighted by molar-refractivity contribution is -0.137. The number of aliphatic carboxylic acids is 1. The molecule has 0 aliphatic carbocycles. The fraction of sp³-hybridized carbons (Fsp3) is 0.130. The van der Waals surface area contributed by atoms with Crippen molar-refractivity contribution < 1.29 is 28.2 Å². The second-order valence-electron chi connectivity index (χ2n) is 6.25. The highest BCUT2D eigenvalue weighted by Gasteiger charge is 2.34. The molecule has 0 amide bonds. The van der Waals surface area contributed by atoms with Crippen LogP contribution in [0.4, 0.5) is 13.2 Å². The van der Waals surface area contributed by atoms with Gasteiger partial charge in [-0.25, -0.2) is 4.79 Å². The molecule has 0 aliphatic heterocycles. The van der Waals surface area contributed by atoms with Crippen molar-refractivity contribution in [3.05, 3.63) is 94.9 Å². The number of aryl methyl sites for hydroxylation is 1. The van der Waals surface area contributed by atoms with Crippen LogP contribution in [0.1, 0.15) is 23.6 Å². The maximum atomic E-state index is 13.7. The molecule has 0 radical (unpaired) electrons. The first-order valence-electron chi connectivity index (χ1n) is 8.57. The Labute approximate surface area is 166 Å². The van der Waals surface area contributed by atoms with Gasteiger partial charge in [0.15, 0.2) is 0 Å². The highest BCUT2D eigenvalue weighted by molar-refractivity contribution is 5.95. The number of carbonyl (C=O) groups is 1. The zero-order valence-corrected chi connectivity index (χ0v) is 15.8. The molecule has 0 unspecified atom stereocenters. The SMILES string of the molecule is C=C=C(/C=C(C(=O)O)\C(O)=C/C)c1ccc(-c2ccc(C)cc2)c(C(F)(F)F)c1. The lowest BCUT2D eigenvalue weighted by atomic mass is 9.93. The van der Waals surface area contributed by atoms with Crippen molar-refractivity contribution in [2.45, 2.75) is 20.0 Å². The Hall–Kier alpha value is -3.50. The van der Waals surface area contributed by atoms with E-state index >= 15 is 0 Å². The second-order valence-corrected chi connectivity index (χ2v) is 6.25. The van der Waals surface area contributed by atoms with E-state index in [0.717, 1.165) is 17.7 Å². The van der Waals surface area contributed by atoms with Crippen LogP contribution in [0, 0.1) is 6.92 Å². The lowest BCUT2D eigenvalue weighted by Gasteiger charge is -2.15. The van der Waals surface area contributed by atoms with Crippen molar-refractivity contribution in [1.29, 1.82) is 0 Å². The molecular weight excluding hydrogens is 381 g/mol.